The molecule has 120 valence electrons. The summed E-state index contributed by atoms with van der Waals surface area (Å²) in [4.78, 5) is 3.43. The van der Waals surface area contributed by atoms with Gasteiger partial charge < -0.3 is 0 Å². The van der Waals surface area contributed by atoms with E-state index in [1.165, 1.54) is 4.70 Å². The molecule has 1 aliphatic rings. The molecular weight excluding hydrogens is 338 g/mol. The van der Waals surface area contributed by atoms with Crippen LogP contribution in [0.5, 0.6) is 0 Å². The molecule has 3 nitrogen and oxygen atoms in total. The average Bonchev–Trinajstić information content (AvgIpc) is 3.00. The highest BCUT2D eigenvalue weighted by atomic mass is 35.5. The Morgan fingerprint density at radius 2 is 2.14 bits per heavy atom. The van der Waals surface area contributed by atoms with Gasteiger partial charge >= 0.3 is 0 Å². The summed E-state index contributed by atoms with van der Waals surface area (Å²) in [6.45, 7) is 3.78. The quantitative estimate of drug-likeness (QED) is 0.813. The topological polar surface area (TPSA) is 37.4 Å². The molecule has 2 aromatic rings. The molecule has 6 heteroatoms. The molecule has 3 rings (SSSR count). The third-order valence-electron chi connectivity index (χ3n) is 4.18. The first-order valence-electron chi connectivity index (χ1n) is 7.60. The van der Waals surface area contributed by atoms with Crippen molar-refractivity contribution in [1.29, 1.82) is 0 Å². The van der Waals surface area contributed by atoms with Gasteiger partial charge in [0.1, 0.15) is 0 Å². The fourth-order valence-corrected chi connectivity index (χ4v) is 6.37. The van der Waals surface area contributed by atoms with Crippen molar-refractivity contribution in [3.05, 3.63) is 34.2 Å². The van der Waals surface area contributed by atoms with E-state index in [0.717, 1.165) is 41.2 Å². The monoisotopic (exact) mass is 357 g/mol. The minimum Gasteiger partial charge on any atom is -0.294 e. The standard InChI is InChI=1S/C16H20ClNO2S2/c1-2-8-18(12-7-9-22(19,20)11-12)10-15-16(17)13-5-3-4-6-14(13)21-15/h3-6,12H,2,7-11H2,1H3. The van der Waals surface area contributed by atoms with Gasteiger partial charge in [-0.2, -0.15) is 0 Å². The summed E-state index contributed by atoms with van der Waals surface area (Å²) in [5, 5.41) is 1.92. The molecule has 1 aromatic heterocycles. The number of benzene rings is 1. The second-order valence-corrected chi connectivity index (χ2v) is 9.61. The van der Waals surface area contributed by atoms with Crippen molar-refractivity contribution in [2.24, 2.45) is 0 Å². The van der Waals surface area contributed by atoms with Crippen molar-refractivity contribution < 1.29 is 8.42 Å². The summed E-state index contributed by atoms with van der Waals surface area (Å²) in [5.74, 6) is 0.605. The molecule has 0 spiro atoms. The van der Waals surface area contributed by atoms with E-state index in [2.05, 4.69) is 17.9 Å². The predicted octanol–water partition coefficient (Wildman–Crippen LogP) is 3.95. The number of halogens is 1. The third kappa shape index (κ3) is 3.32. The SMILES string of the molecule is CCCN(Cc1sc2ccccc2c1Cl)C1CCS(=O)(=O)C1. The highest BCUT2D eigenvalue weighted by Gasteiger charge is 2.32. The molecule has 1 aromatic carbocycles. The van der Waals surface area contributed by atoms with E-state index in [9.17, 15) is 8.42 Å². The number of sulfone groups is 1. The summed E-state index contributed by atoms with van der Waals surface area (Å²) in [7, 11) is -2.86. The highest BCUT2D eigenvalue weighted by molar-refractivity contribution is 7.91. The van der Waals surface area contributed by atoms with Crippen molar-refractivity contribution in [2.45, 2.75) is 32.4 Å². The van der Waals surface area contributed by atoms with Gasteiger partial charge in [0.2, 0.25) is 0 Å². The van der Waals surface area contributed by atoms with Crippen LogP contribution in [-0.2, 0) is 16.4 Å². The number of nitrogens with zero attached hydrogens (tertiary/aromatic N) is 1. The van der Waals surface area contributed by atoms with Crippen LogP contribution in [0.15, 0.2) is 24.3 Å². The Balaban J connectivity index is 1.85. The lowest BCUT2D eigenvalue weighted by Gasteiger charge is -2.27. The Morgan fingerprint density at radius 3 is 2.77 bits per heavy atom. The van der Waals surface area contributed by atoms with Gasteiger partial charge in [0.05, 0.1) is 16.5 Å². The first-order valence-corrected chi connectivity index (χ1v) is 10.6. The number of hydrogen-bond donors (Lipinski definition) is 0. The summed E-state index contributed by atoms with van der Waals surface area (Å²) < 4.78 is 24.7. The van der Waals surface area contributed by atoms with Crippen molar-refractivity contribution in [2.75, 3.05) is 18.1 Å². The lowest BCUT2D eigenvalue weighted by atomic mass is 10.2. The van der Waals surface area contributed by atoms with Crippen LogP contribution in [0.3, 0.4) is 0 Å². The van der Waals surface area contributed by atoms with Gasteiger partial charge in [0, 0.05) is 27.5 Å². The Bertz CT molecular complexity index is 770. The Morgan fingerprint density at radius 1 is 1.36 bits per heavy atom. The molecule has 22 heavy (non-hydrogen) atoms. The maximum Gasteiger partial charge on any atom is 0.151 e. The van der Waals surface area contributed by atoms with E-state index in [-0.39, 0.29) is 11.8 Å². The van der Waals surface area contributed by atoms with Gasteiger partial charge in [-0.15, -0.1) is 11.3 Å². The maximum atomic E-state index is 11.8. The zero-order chi connectivity index (χ0) is 15.7. The lowest BCUT2D eigenvalue weighted by Crippen LogP contribution is -2.36. The molecule has 1 aliphatic heterocycles. The molecule has 0 aliphatic carbocycles. The second kappa shape index (κ2) is 6.48. The van der Waals surface area contributed by atoms with E-state index in [4.69, 9.17) is 11.6 Å². The van der Waals surface area contributed by atoms with E-state index in [1.807, 2.05) is 18.2 Å². The van der Waals surface area contributed by atoms with Gasteiger partial charge in [0.25, 0.3) is 0 Å². The normalized spacial score (nSPS) is 21.0. The van der Waals surface area contributed by atoms with E-state index < -0.39 is 9.84 Å². The van der Waals surface area contributed by atoms with Gasteiger partial charge in [-0.3, -0.25) is 4.90 Å². The number of fused-ring (bicyclic) bond motifs is 1. The summed E-state index contributed by atoms with van der Waals surface area (Å²) in [6.07, 6.45) is 1.75. The molecule has 0 amide bonds. The van der Waals surface area contributed by atoms with Crippen LogP contribution in [0.2, 0.25) is 5.02 Å². The van der Waals surface area contributed by atoms with Crippen molar-refractivity contribution in [1.82, 2.24) is 4.90 Å². The third-order valence-corrected chi connectivity index (χ3v) is 7.63. The van der Waals surface area contributed by atoms with Crippen LogP contribution in [0.25, 0.3) is 10.1 Å². The van der Waals surface area contributed by atoms with Gasteiger partial charge in [-0.05, 0) is 25.5 Å². The van der Waals surface area contributed by atoms with E-state index in [0.29, 0.717) is 5.75 Å². The zero-order valence-corrected chi connectivity index (χ0v) is 15.0. The van der Waals surface area contributed by atoms with Crippen LogP contribution in [0.1, 0.15) is 24.6 Å². The fourth-order valence-electron chi connectivity index (χ4n) is 3.09. The minimum atomic E-state index is -2.86. The van der Waals surface area contributed by atoms with Crippen LogP contribution >= 0.6 is 22.9 Å². The predicted molar refractivity (Wildman–Crippen MR) is 94.6 cm³/mol. The van der Waals surface area contributed by atoms with Crippen LogP contribution < -0.4 is 0 Å². The molecule has 0 N–H and O–H groups in total. The molecule has 1 atom stereocenters. The fraction of sp³-hybridized carbons (Fsp3) is 0.500. The van der Waals surface area contributed by atoms with Gasteiger partial charge in [0.15, 0.2) is 9.84 Å². The Hall–Kier alpha value is -0.620. The molecule has 0 radical (unpaired) electrons. The summed E-state index contributed by atoms with van der Waals surface area (Å²) in [5.41, 5.74) is 0. The molecule has 1 saturated heterocycles. The molecule has 2 heterocycles. The van der Waals surface area contributed by atoms with Crippen molar-refractivity contribution in [3.8, 4) is 0 Å². The van der Waals surface area contributed by atoms with Crippen LogP contribution in [0, 0.1) is 0 Å². The largest absolute Gasteiger partial charge is 0.294 e. The van der Waals surface area contributed by atoms with Gasteiger partial charge in [-0.1, -0.05) is 36.7 Å². The second-order valence-electron chi connectivity index (χ2n) is 5.86. The molecule has 1 unspecified atom stereocenters. The van der Waals surface area contributed by atoms with Crippen LogP contribution in [-0.4, -0.2) is 37.4 Å². The number of hydrogen-bond acceptors (Lipinski definition) is 4. The Labute approximate surface area is 140 Å². The Kier molecular flexibility index (Phi) is 4.78. The number of rotatable bonds is 5. The first kappa shape index (κ1) is 16.2. The van der Waals surface area contributed by atoms with Gasteiger partial charge in [-0.25, -0.2) is 8.42 Å². The summed E-state index contributed by atoms with van der Waals surface area (Å²) in [6, 6.07) is 8.28. The molecular formula is C16H20ClNO2S2. The highest BCUT2D eigenvalue weighted by Crippen LogP contribution is 2.36. The van der Waals surface area contributed by atoms with Crippen molar-refractivity contribution >= 4 is 42.9 Å². The lowest BCUT2D eigenvalue weighted by molar-refractivity contribution is 0.206. The van der Waals surface area contributed by atoms with Crippen molar-refractivity contribution in [3.63, 3.8) is 0 Å². The smallest absolute Gasteiger partial charge is 0.151 e. The minimum absolute atomic E-state index is 0.131. The number of thiophene rings is 1. The molecule has 1 fully saturated rings. The van der Waals surface area contributed by atoms with Crippen LogP contribution in [0.4, 0.5) is 0 Å². The summed E-state index contributed by atoms with van der Waals surface area (Å²) >= 11 is 8.24. The molecule has 0 bridgehead atoms. The zero-order valence-electron chi connectivity index (χ0n) is 12.6. The van der Waals surface area contributed by atoms with E-state index >= 15 is 0 Å². The first-order chi connectivity index (χ1) is 10.5. The molecule has 0 saturated carbocycles. The maximum absolute atomic E-state index is 11.8. The van der Waals surface area contributed by atoms with E-state index in [1.54, 1.807) is 11.3 Å². The average molecular weight is 358 g/mol.